The first-order chi connectivity index (χ1) is 5.68. The molecule has 0 aromatic heterocycles. The number of nitrogens with zero attached hydrogens (tertiary/aromatic N) is 1. The van der Waals surface area contributed by atoms with Gasteiger partial charge in [0.2, 0.25) is 5.91 Å². The summed E-state index contributed by atoms with van der Waals surface area (Å²) in [7, 11) is 4.71. The van der Waals surface area contributed by atoms with Crippen molar-refractivity contribution < 1.29 is 4.79 Å². The van der Waals surface area contributed by atoms with Gasteiger partial charge in [0.25, 0.3) is 0 Å². The summed E-state index contributed by atoms with van der Waals surface area (Å²) in [4.78, 5) is 13.4. The van der Waals surface area contributed by atoms with Gasteiger partial charge in [-0.2, -0.15) is 0 Å². The van der Waals surface area contributed by atoms with E-state index in [1.165, 1.54) is 5.57 Å². The summed E-state index contributed by atoms with van der Waals surface area (Å²) in [5, 5.41) is 0. The minimum absolute atomic E-state index is 0.265. The molecule has 66 valence electrons. The molecule has 0 aromatic carbocycles. The Balaban J connectivity index is 2.26. The number of amides is 1. The molecule has 2 atom stereocenters. The molecule has 0 spiro atoms. The maximum absolute atomic E-state index is 11.6. The molecule has 1 aliphatic heterocycles. The van der Waals surface area contributed by atoms with Crippen LogP contribution < -0.4 is 0 Å². The van der Waals surface area contributed by atoms with Gasteiger partial charge in [0.15, 0.2) is 0 Å². The lowest BCUT2D eigenvalue weighted by atomic mass is 10.0. The van der Waals surface area contributed by atoms with Crippen molar-refractivity contribution >= 4 is 15.1 Å². The van der Waals surface area contributed by atoms with E-state index in [1.807, 2.05) is 11.9 Å². The van der Waals surface area contributed by atoms with Gasteiger partial charge in [0.05, 0.1) is 0 Å². The summed E-state index contributed by atoms with van der Waals surface area (Å²) >= 11 is 0. The molecular formula is C9H14NOP. The summed E-state index contributed by atoms with van der Waals surface area (Å²) < 4.78 is 0. The number of hydrogen-bond donors (Lipinski definition) is 0. The number of rotatable bonds is 0. The minimum Gasteiger partial charge on any atom is -0.342 e. The van der Waals surface area contributed by atoms with Gasteiger partial charge in [0, 0.05) is 19.2 Å². The average Bonchev–Trinajstić information content (AvgIpc) is 2.39. The van der Waals surface area contributed by atoms with E-state index >= 15 is 0 Å². The van der Waals surface area contributed by atoms with Crippen molar-refractivity contribution in [3.8, 4) is 0 Å². The van der Waals surface area contributed by atoms with Gasteiger partial charge in [-0.1, -0.05) is 5.57 Å². The lowest BCUT2D eigenvalue weighted by molar-refractivity contribution is -0.126. The van der Waals surface area contributed by atoms with Crippen LogP contribution in [-0.2, 0) is 4.79 Å². The fraction of sp³-hybridized carbons (Fsp3) is 0.667. The van der Waals surface area contributed by atoms with Gasteiger partial charge >= 0.3 is 0 Å². The van der Waals surface area contributed by atoms with Crippen molar-refractivity contribution in [2.45, 2.75) is 24.9 Å². The zero-order valence-corrected chi connectivity index (χ0v) is 8.49. The molecule has 1 amide bonds. The number of likely N-dealkylation sites (N-methyl/N-ethyl adjacent to an activating group) is 1. The van der Waals surface area contributed by atoms with Crippen molar-refractivity contribution in [1.29, 1.82) is 0 Å². The highest BCUT2D eigenvalue weighted by Crippen LogP contribution is 2.36. The third kappa shape index (κ3) is 1.19. The van der Waals surface area contributed by atoms with Crippen LogP contribution in [0, 0.1) is 0 Å². The van der Waals surface area contributed by atoms with E-state index in [0.717, 1.165) is 31.4 Å². The SMILES string of the molecule is CN1CCC2=C(CC(P)C2)C1=O. The first kappa shape index (κ1) is 8.25. The van der Waals surface area contributed by atoms with E-state index < -0.39 is 0 Å². The molecule has 0 radical (unpaired) electrons. The molecule has 0 N–H and O–H groups in total. The summed E-state index contributed by atoms with van der Waals surface area (Å²) in [6, 6.07) is 0. The molecule has 2 nitrogen and oxygen atoms in total. The highest BCUT2D eigenvalue weighted by atomic mass is 31.0. The van der Waals surface area contributed by atoms with Crippen molar-refractivity contribution in [3.63, 3.8) is 0 Å². The molecule has 0 saturated carbocycles. The maximum atomic E-state index is 11.6. The van der Waals surface area contributed by atoms with E-state index in [1.54, 1.807) is 0 Å². The van der Waals surface area contributed by atoms with E-state index in [0.29, 0.717) is 5.66 Å². The fourth-order valence-corrected chi connectivity index (χ4v) is 2.56. The second-order valence-corrected chi connectivity index (χ2v) is 4.67. The minimum atomic E-state index is 0.265. The predicted molar refractivity (Wildman–Crippen MR) is 52.0 cm³/mol. The molecule has 2 rings (SSSR count). The Labute approximate surface area is 75.2 Å². The fourth-order valence-electron chi connectivity index (χ4n) is 2.04. The molecule has 0 fully saturated rings. The smallest absolute Gasteiger partial charge is 0.249 e. The first-order valence-corrected chi connectivity index (χ1v) is 5.07. The lowest BCUT2D eigenvalue weighted by Crippen LogP contribution is -2.32. The summed E-state index contributed by atoms with van der Waals surface area (Å²) in [5.41, 5.74) is 3.13. The van der Waals surface area contributed by atoms with E-state index in [2.05, 4.69) is 9.24 Å². The van der Waals surface area contributed by atoms with E-state index in [9.17, 15) is 4.79 Å². The Morgan fingerprint density at radius 2 is 2.25 bits per heavy atom. The van der Waals surface area contributed by atoms with Crippen LogP contribution in [0.4, 0.5) is 0 Å². The zero-order chi connectivity index (χ0) is 8.72. The zero-order valence-electron chi connectivity index (χ0n) is 7.34. The van der Waals surface area contributed by atoms with Crippen LogP contribution >= 0.6 is 9.24 Å². The maximum Gasteiger partial charge on any atom is 0.249 e. The molecule has 2 unspecified atom stereocenters. The Morgan fingerprint density at radius 3 is 3.00 bits per heavy atom. The summed E-state index contributed by atoms with van der Waals surface area (Å²) in [6.07, 6.45) is 3.20. The van der Waals surface area contributed by atoms with Gasteiger partial charge in [-0.05, 0) is 24.9 Å². The van der Waals surface area contributed by atoms with Crippen molar-refractivity contribution in [2.24, 2.45) is 0 Å². The van der Waals surface area contributed by atoms with Crippen LogP contribution in [0.25, 0.3) is 0 Å². The predicted octanol–water partition coefficient (Wildman–Crippen LogP) is 1.18. The molecule has 1 heterocycles. The molecule has 0 aromatic rings. The molecule has 3 heteroatoms. The molecule has 12 heavy (non-hydrogen) atoms. The van der Waals surface area contributed by atoms with Crippen LogP contribution in [-0.4, -0.2) is 30.1 Å². The monoisotopic (exact) mass is 183 g/mol. The average molecular weight is 183 g/mol. The first-order valence-electron chi connectivity index (χ1n) is 4.40. The summed E-state index contributed by atoms with van der Waals surface area (Å²) in [5.74, 6) is 0.265. The van der Waals surface area contributed by atoms with Gasteiger partial charge < -0.3 is 4.90 Å². The van der Waals surface area contributed by atoms with Crippen molar-refractivity contribution in [2.75, 3.05) is 13.6 Å². The van der Waals surface area contributed by atoms with Gasteiger partial charge in [-0.3, -0.25) is 4.79 Å². The summed E-state index contributed by atoms with van der Waals surface area (Å²) in [6.45, 7) is 0.912. The normalized spacial score (nSPS) is 29.7. The van der Waals surface area contributed by atoms with Crippen LogP contribution in [0.5, 0.6) is 0 Å². The Hall–Kier alpha value is -0.360. The topological polar surface area (TPSA) is 20.3 Å². The van der Waals surface area contributed by atoms with Gasteiger partial charge in [0.1, 0.15) is 0 Å². The van der Waals surface area contributed by atoms with E-state index in [4.69, 9.17) is 0 Å². The van der Waals surface area contributed by atoms with E-state index in [-0.39, 0.29) is 5.91 Å². The molecule has 1 aliphatic carbocycles. The van der Waals surface area contributed by atoms with Crippen LogP contribution in [0.15, 0.2) is 11.1 Å². The third-order valence-electron chi connectivity index (χ3n) is 2.76. The highest BCUT2D eigenvalue weighted by molar-refractivity contribution is 7.17. The molecular weight excluding hydrogens is 169 g/mol. The molecule has 0 bridgehead atoms. The standard InChI is InChI=1S/C9H14NOP/c1-10-3-2-6-4-7(12)5-8(6)9(10)11/h7H,2-5,12H2,1H3. The Bertz CT molecular complexity index is 259. The van der Waals surface area contributed by atoms with Gasteiger partial charge in [-0.25, -0.2) is 0 Å². The molecule has 0 saturated heterocycles. The second-order valence-electron chi connectivity index (χ2n) is 3.73. The van der Waals surface area contributed by atoms with Gasteiger partial charge in [-0.15, -0.1) is 9.24 Å². The quantitative estimate of drug-likeness (QED) is 0.516. The largest absolute Gasteiger partial charge is 0.342 e. The van der Waals surface area contributed by atoms with Crippen molar-refractivity contribution in [3.05, 3.63) is 11.1 Å². The molecule has 2 aliphatic rings. The Kier molecular flexibility index (Phi) is 1.96. The second kappa shape index (κ2) is 2.85. The van der Waals surface area contributed by atoms with Crippen LogP contribution in [0.3, 0.4) is 0 Å². The third-order valence-corrected chi connectivity index (χ3v) is 3.23. The number of carbonyl (C=O) groups is 1. The Morgan fingerprint density at radius 1 is 1.50 bits per heavy atom. The highest BCUT2D eigenvalue weighted by Gasteiger charge is 2.30. The van der Waals surface area contributed by atoms with Crippen LogP contribution in [0.2, 0.25) is 0 Å². The number of hydrogen-bond acceptors (Lipinski definition) is 1. The van der Waals surface area contributed by atoms with Crippen LogP contribution in [0.1, 0.15) is 19.3 Å². The number of carbonyl (C=O) groups excluding carboxylic acids is 1. The lowest BCUT2D eigenvalue weighted by Gasteiger charge is -2.23. The van der Waals surface area contributed by atoms with Crippen molar-refractivity contribution in [1.82, 2.24) is 4.90 Å².